The molecule has 0 saturated heterocycles. The van der Waals surface area contributed by atoms with Gasteiger partial charge in [0.2, 0.25) is 5.91 Å². The predicted molar refractivity (Wildman–Crippen MR) is 61.4 cm³/mol. The number of nitrogens with zero attached hydrogens (tertiary/aromatic N) is 1. The van der Waals surface area contributed by atoms with E-state index in [1.807, 2.05) is 20.8 Å². The first-order valence-electron chi connectivity index (χ1n) is 5.66. The van der Waals surface area contributed by atoms with Gasteiger partial charge in [0.1, 0.15) is 0 Å². The maximum absolute atomic E-state index is 12.1. The molecule has 0 fully saturated rings. The maximum atomic E-state index is 12.1. The molecule has 0 spiro atoms. The van der Waals surface area contributed by atoms with E-state index in [2.05, 4.69) is 0 Å². The Morgan fingerprint density at radius 3 is 2.33 bits per heavy atom. The lowest BCUT2D eigenvalue weighted by molar-refractivity contribution is -0.141. The minimum Gasteiger partial charge on any atom is -0.395 e. The van der Waals surface area contributed by atoms with Crippen LogP contribution in [0, 0.1) is 5.41 Å². The Bertz CT molecular complexity index is 185. The van der Waals surface area contributed by atoms with Crippen LogP contribution in [0.1, 0.15) is 33.6 Å². The van der Waals surface area contributed by atoms with Crippen molar-refractivity contribution in [3.63, 3.8) is 0 Å². The van der Waals surface area contributed by atoms with Crippen LogP contribution in [-0.4, -0.2) is 42.2 Å². The van der Waals surface area contributed by atoms with E-state index in [-0.39, 0.29) is 12.5 Å². The van der Waals surface area contributed by atoms with Gasteiger partial charge in [-0.2, -0.15) is 0 Å². The van der Waals surface area contributed by atoms with Gasteiger partial charge in [0.15, 0.2) is 0 Å². The molecule has 0 aromatic rings. The molecular weight excluding hydrogens is 192 g/mol. The SMILES string of the molecule is CCCN(CCO)C(=O)C(C)(CC)CN. The zero-order valence-corrected chi connectivity index (χ0v) is 10.1. The van der Waals surface area contributed by atoms with Gasteiger partial charge in [-0.25, -0.2) is 0 Å². The first-order valence-corrected chi connectivity index (χ1v) is 5.66. The van der Waals surface area contributed by atoms with Crippen molar-refractivity contribution in [2.24, 2.45) is 11.1 Å². The summed E-state index contributed by atoms with van der Waals surface area (Å²) >= 11 is 0. The van der Waals surface area contributed by atoms with Crippen molar-refractivity contribution >= 4 is 5.91 Å². The number of aliphatic hydroxyl groups excluding tert-OH is 1. The second-order valence-electron chi connectivity index (χ2n) is 4.13. The lowest BCUT2D eigenvalue weighted by Crippen LogP contribution is -2.47. The number of hydrogen-bond donors (Lipinski definition) is 2. The molecule has 0 heterocycles. The normalized spacial score (nSPS) is 14.7. The number of amides is 1. The van der Waals surface area contributed by atoms with E-state index >= 15 is 0 Å². The first-order chi connectivity index (χ1) is 7.05. The van der Waals surface area contributed by atoms with Gasteiger partial charge in [-0.15, -0.1) is 0 Å². The summed E-state index contributed by atoms with van der Waals surface area (Å²) in [5.41, 5.74) is 5.16. The number of nitrogens with two attached hydrogens (primary N) is 1. The quantitative estimate of drug-likeness (QED) is 0.654. The number of hydrogen-bond acceptors (Lipinski definition) is 3. The van der Waals surface area contributed by atoms with E-state index < -0.39 is 5.41 Å². The van der Waals surface area contributed by atoms with Crippen LogP contribution in [0.3, 0.4) is 0 Å². The molecule has 1 amide bonds. The van der Waals surface area contributed by atoms with Gasteiger partial charge in [0.25, 0.3) is 0 Å². The molecule has 0 aliphatic carbocycles. The molecule has 90 valence electrons. The summed E-state index contributed by atoms with van der Waals surface area (Å²) in [6.45, 7) is 7.33. The summed E-state index contributed by atoms with van der Waals surface area (Å²) in [4.78, 5) is 13.8. The average molecular weight is 216 g/mol. The van der Waals surface area contributed by atoms with Crippen molar-refractivity contribution in [3.8, 4) is 0 Å². The molecule has 0 radical (unpaired) electrons. The largest absolute Gasteiger partial charge is 0.395 e. The predicted octanol–water partition coefficient (Wildman–Crippen LogP) is 0.592. The molecule has 15 heavy (non-hydrogen) atoms. The molecule has 4 heteroatoms. The Morgan fingerprint density at radius 1 is 1.40 bits per heavy atom. The topological polar surface area (TPSA) is 66.6 Å². The average Bonchev–Trinajstić information content (AvgIpc) is 2.26. The molecule has 0 aromatic heterocycles. The summed E-state index contributed by atoms with van der Waals surface area (Å²) in [5, 5.41) is 8.90. The molecule has 4 nitrogen and oxygen atoms in total. The Hall–Kier alpha value is -0.610. The third-order valence-corrected chi connectivity index (χ3v) is 2.90. The molecule has 0 aliphatic rings. The molecular formula is C11H24N2O2. The molecule has 0 aromatic carbocycles. The van der Waals surface area contributed by atoms with Gasteiger partial charge in [-0.1, -0.05) is 13.8 Å². The zero-order chi connectivity index (χ0) is 11.9. The second kappa shape index (κ2) is 6.80. The lowest BCUT2D eigenvalue weighted by atomic mass is 9.86. The van der Waals surface area contributed by atoms with Gasteiger partial charge in [0.05, 0.1) is 12.0 Å². The molecule has 1 unspecified atom stereocenters. The second-order valence-corrected chi connectivity index (χ2v) is 4.13. The van der Waals surface area contributed by atoms with Gasteiger partial charge >= 0.3 is 0 Å². The van der Waals surface area contributed by atoms with Crippen LogP contribution in [0.5, 0.6) is 0 Å². The number of carbonyl (C=O) groups excluding carboxylic acids is 1. The van der Waals surface area contributed by atoms with Crippen LogP contribution in [-0.2, 0) is 4.79 Å². The monoisotopic (exact) mass is 216 g/mol. The third-order valence-electron chi connectivity index (χ3n) is 2.90. The maximum Gasteiger partial charge on any atom is 0.229 e. The van der Waals surface area contributed by atoms with Crippen LogP contribution < -0.4 is 5.73 Å². The highest BCUT2D eigenvalue weighted by Gasteiger charge is 2.33. The molecule has 1 atom stereocenters. The number of aliphatic hydroxyl groups is 1. The zero-order valence-electron chi connectivity index (χ0n) is 10.1. The Labute approximate surface area is 92.4 Å². The minimum atomic E-state index is -0.482. The van der Waals surface area contributed by atoms with E-state index in [0.29, 0.717) is 19.6 Å². The van der Waals surface area contributed by atoms with Crippen molar-refractivity contribution in [2.45, 2.75) is 33.6 Å². The summed E-state index contributed by atoms with van der Waals surface area (Å²) in [6.07, 6.45) is 1.63. The van der Waals surface area contributed by atoms with Gasteiger partial charge in [0, 0.05) is 19.6 Å². The molecule has 0 bridgehead atoms. The highest BCUT2D eigenvalue weighted by Crippen LogP contribution is 2.22. The lowest BCUT2D eigenvalue weighted by Gasteiger charge is -2.32. The fraction of sp³-hybridized carbons (Fsp3) is 0.909. The first kappa shape index (κ1) is 14.4. The highest BCUT2D eigenvalue weighted by atomic mass is 16.3. The summed E-state index contributed by atoms with van der Waals surface area (Å²) in [7, 11) is 0. The van der Waals surface area contributed by atoms with Gasteiger partial charge < -0.3 is 15.7 Å². The Kier molecular flexibility index (Phi) is 6.52. The number of rotatable bonds is 7. The molecule has 0 aliphatic heterocycles. The molecule has 3 N–H and O–H groups in total. The molecule has 0 saturated carbocycles. The van der Waals surface area contributed by atoms with Crippen LogP contribution in [0.2, 0.25) is 0 Å². The van der Waals surface area contributed by atoms with E-state index in [1.54, 1.807) is 4.90 Å². The van der Waals surface area contributed by atoms with Crippen LogP contribution in [0.15, 0.2) is 0 Å². The van der Waals surface area contributed by atoms with Crippen LogP contribution in [0.25, 0.3) is 0 Å². The van der Waals surface area contributed by atoms with E-state index in [1.165, 1.54) is 0 Å². The summed E-state index contributed by atoms with van der Waals surface area (Å²) in [6, 6.07) is 0. The third kappa shape index (κ3) is 3.80. The van der Waals surface area contributed by atoms with Crippen molar-refractivity contribution in [2.75, 3.05) is 26.2 Å². The Balaban J connectivity index is 4.59. The van der Waals surface area contributed by atoms with E-state index in [4.69, 9.17) is 10.8 Å². The van der Waals surface area contributed by atoms with E-state index in [9.17, 15) is 4.79 Å². The number of carbonyl (C=O) groups is 1. The molecule has 0 rings (SSSR count). The highest BCUT2D eigenvalue weighted by molar-refractivity contribution is 5.82. The van der Waals surface area contributed by atoms with Gasteiger partial charge in [-0.3, -0.25) is 4.79 Å². The van der Waals surface area contributed by atoms with E-state index in [0.717, 1.165) is 12.8 Å². The van der Waals surface area contributed by atoms with Crippen LogP contribution in [0.4, 0.5) is 0 Å². The van der Waals surface area contributed by atoms with Gasteiger partial charge in [-0.05, 0) is 19.8 Å². The summed E-state index contributed by atoms with van der Waals surface area (Å²) < 4.78 is 0. The van der Waals surface area contributed by atoms with Crippen molar-refractivity contribution in [1.82, 2.24) is 4.90 Å². The fourth-order valence-electron chi connectivity index (χ4n) is 1.47. The smallest absolute Gasteiger partial charge is 0.229 e. The van der Waals surface area contributed by atoms with Crippen LogP contribution >= 0.6 is 0 Å². The van der Waals surface area contributed by atoms with Crippen molar-refractivity contribution in [1.29, 1.82) is 0 Å². The Morgan fingerprint density at radius 2 is 2.00 bits per heavy atom. The van der Waals surface area contributed by atoms with Crippen molar-refractivity contribution in [3.05, 3.63) is 0 Å². The fourth-order valence-corrected chi connectivity index (χ4v) is 1.47. The minimum absolute atomic E-state index is 0.0100. The standard InChI is InChI=1S/C11H24N2O2/c1-4-6-13(7-8-14)10(15)11(3,5-2)9-12/h14H,4-9,12H2,1-3H3. The van der Waals surface area contributed by atoms with Crippen molar-refractivity contribution < 1.29 is 9.90 Å². The summed E-state index contributed by atoms with van der Waals surface area (Å²) in [5.74, 6) is 0.0587.